The van der Waals surface area contributed by atoms with Gasteiger partial charge in [0, 0.05) is 35.5 Å². The molecule has 1 aromatic heterocycles. The van der Waals surface area contributed by atoms with Gasteiger partial charge in [-0.3, -0.25) is 4.99 Å². The van der Waals surface area contributed by atoms with Crippen LogP contribution in [0.25, 0.3) is 11.3 Å². The average Bonchev–Trinajstić information content (AvgIpc) is 3.25. The number of hydrogen-bond acceptors (Lipinski definition) is 3. The highest BCUT2D eigenvalue weighted by atomic mass is 35.5. The Hall–Kier alpha value is -2.66. The Kier molecular flexibility index (Phi) is 4.47. The third-order valence-corrected chi connectivity index (χ3v) is 4.74. The van der Waals surface area contributed by atoms with Crippen LogP contribution in [0, 0.1) is 5.82 Å². The molecule has 132 valence electrons. The molecule has 0 spiro atoms. The fraction of sp³-hybridized carbons (Fsp3) is 0.200. The molecule has 6 heteroatoms. The van der Waals surface area contributed by atoms with Crippen molar-refractivity contribution >= 4 is 23.3 Å². The summed E-state index contributed by atoms with van der Waals surface area (Å²) in [4.78, 5) is 4.51. The molecule has 0 saturated carbocycles. The lowest BCUT2D eigenvalue weighted by Crippen LogP contribution is -2.14. The predicted molar refractivity (Wildman–Crippen MR) is 103 cm³/mol. The van der Waals surface area contributed by atoms with Crippen LogP contribution in [0.3, 0.4) is 0 Å². The van der Waals surface area contributed by atoms with E-state index < -0.39 is 0 Å². The van der Waals surface area contributed by atoms with Crippen LogP contribution in [-0.4, -0.2) is 22.2 Å². The van der Waals surface area contributed by atoms with Gasteiger partial charge in [-0.15, -0.1) is 0 Å². The first kappa shape index (κ1) is 16.8. The summed E-state index contributed by atoms with van der Waals surface area (Å²) in [6.45, 7) is 0.796. The van der Waals surface area contributed by atoms with Crippen LogP contribution in [0.2, 0.25) is 5.02 Å². The van der Waals surface area contributed by atoms with Gasteiger partial charge in [-0.2, -0.15) is 5.10 Å². The number of rotatable bonds is 3. The molecule has 1 aliphatic heterocycles. The second kappa shape index (κ2) is 6.92. The summed E-state index contributed by atoms with van der Waals surface area (Å²) in [6.07, 6.45) is 2.45. The van der Waals surface area contributed by atoms with Crippen LogP contribution >= 0.6 is 11.6 Å². The van der Waals surface area contributed by atoms with E-state index in [2.05, 4.69) is 4.99 Å². The van der Waals surface area contributed by atoms with Crippen LogP contribution in [0.1, 0.15) is 24.0 Å². The van der Waals surface area contributed by atoms with Gasteiger partial charge in [-0.1, -0.05) is 23.7 Å². The molecule has 0 unspecified atom stereocenters. The van der Waals surface area contributed by atoms with Crippen molar-refractivity contribution in [2.24, 2.45) is 4.99 Å². The van der Waals surface area contributed by atoms with Gasteiger partial charge in [0.1, 0.15) is 17.5 Å². The minimum absolute atomic E-state index is 0.280. The largest absolute Gasteiger partial charge is 0.383 e. The lowest BCUT2D eigenvalue weighted by Gasteiger charge is -2.06. The molecular formula is C20H18ClFN4. The van der Waals surface area contributed by atoms with Crippen LogP contribution < -0.4 is 5.73 Å². The Morgan fingerprint density at radius 3 is 2.65 bits per heavy atom. The average molecular weight is 369 g/mol. The molecule has 1 aliphatic rings. The molecule has 2 aromatic carbocycles. The molecular weight excluding hydrogens is 351 g/mol. The number of nitrogen functional groups attached to an aromatic ring is 1. The molecule has 0 bridgehead atoms. The first-order valence-corrected chi connectivity index (χ1v) is 8.91. The predicted octanol–water partition coefficient (Wildman–Crippen LogP) is 4.56. The Morgan fingerprint density at radius 1 is 1.15 bits per heavy atom. The van der Waals surface area contributed by atoms with Crippen molar-refractivity contribution in [1.29, 1.82) is 0 Å². The van der Waals surface area contributed by atoms with E-state index in [0.29, 0.717) is 17.3 Å². The number of nitrogens with zero attached hydrogens (tertiary/aromatic N) is 3. The van der Waals surface area contributed by atoms with Crippen molar-refractivity contribution < 1.29 is 4.39 Å². The van der Waals surface area contributed by atoms with E-state index in [9.17, 15) is 4.39 Å². The smallest absolute Gasteiger partial charge is 0.132 e. The maximum Gasteiger partial charge on any atom is 0.132 e. The molecule has 0 radical (unpaired) electrons. The maximum absolute atomic E-state index is 13.3. The summed E-state index contributed by atoms with van der Waals surface area (Å²) >= 11 is 6.12. The molecule has 0 fully saturated rings. The van der Waals surface area contributed by atoms with Crippen molar-refractivity contribution in [1.82, 2.24) is 9.78 Å². The zero-order valence-corrected chi connectivity index (χ0v) is 14.9. The van der Waals surface area contributed by atoms with Gasteiger partial charge in [-0.05, 0) is 48.4 Å². The molecule has 3 aromatic rings. The highest BCUT2D eigenvalue weighted by Gasteiger charge is 2.21. The van der Waals surface area contributed by atoms with Crippen LogP contribution in [0.15, 0.2) is 53.5 Å². The Labute approximate surface area is 156 Å². The van der Waals surface area contributed by atoms with E-state index in [1.165, 1.54) is 12.1 Å². The Balaban J connectivity index is 1.82. The van der Waals surface area contributed by atoms with E-state index in [-0.39, 0.29) is 5.82 Å². The lowest BCUT2D eigenvalue weighted by molar-refractivity contribution is 0.628. The van der Waals surface area contributed by atoms with E-state index in [1.807, 2.05) is 24.3 Å². The molecule has 26 heavy (non-hydrogen) atoms. The number of aromatic nitrogens is 2. The highest BCUT2D eigenvalue weighted by Crippen LogP contribution is 2.31. The molecule has 0 saturated heterocycles. The lowest BCUT2D eigenvalue weighted by atomic mass is 10.0. The number of aliphatic imine (C=N–C) groups is 1. The summed E-state index contributed by atoms with van der Waals surface area (Å²) in [5, 5.41) is 5.39. The third kappa shape index (κ3) is 3.22. The van der Waals surface area contributed by atoms with Crippen LogP contribution in [0.5, 0.6) is 0 Å². The van der Waals surface area contributed by atoms with Gasteiger partial charge in [0.05, 0.1) is 5.69 Å². The van der Waals surface area contributed by atoms with Crippen molar-refractivity contribution in [2.75, 3.05) is 12.3 Å². The van der Waals surface area contributed by atoms with Gasteiger partial charge in [0.15, 0.2) is 0 Å². The van der Waals surface area contributed by atoms with Gasteiger partial charge in [0.25, 0.3) is 0 Å². The summed E-state index contributed by atoms with van der Waals surface area (Å²) in [5.74, 6) is 1.17. The quantitative estimate of drug-likeness (QED) is 0.737. The third-order valence-electron chi connectivity index (χ3n) is 4.51. The van der Waals surface area contributed by atoms with Crippen molar-refractivity contribution in [3.63, 3.8) is 0 Å². The molecule has 2 N–H and O–H groups in total. The Morgan fingerprint density at radius 2 is 1.96 bits per heavy atom. The van der Waals surface area contributed by atoms with E-state index in [0.717, 1.165) is 47.6 Å². The SMILES string of the molecule is Nc1c(Cc2cccc(Cl)c2)c(-c2ccc(F)cc2)nn1C1=NCCC1. The summed E-state index contributed by atoms with van der Waals surface area (Å²) in [7, 11) is 0. The fourth-order valence-corrected chi connectivity index (χ4v) is 3.44. The summed E-state index contributed by atoms with van der Waals surface area (Å²) in [6, 6.07) is 14.0. The monoisotopic (exact) mass is 368 g/mol. The number of hydrogen-bond donors (Lipinski definition) is 1. The van der Waals surface area contributed by atoms with E-state index in [4.69, 9.17) is 22.4 Å². The molecule has 4 rings (SSSR count). The second-order valence-corrected chi connectivity index (χ2v) is 6.78. The normalized spacial score (nSPS) is 13.8. The standard InChI is InChI=1S/C20H18ClFN4/c21-15-4-1-3-13(11-15)12-17-19(14-6-8-16(22)9-7-14)25-26(20(17)23)18-5-2-10-24-18/h1,3-4,6-9,11H,2,5,10,12,23H2. The van der Waals surface area contributed by atoms with Gasteiger partial charge >= 0.3 is 0 Å². The first-order valence-electron chi connectivity index (χ1n) is 8.53. The second-order valence-electron chi connectivity index (χ2n) is 6.34. The maximum atomic E-state index is 13.3. The van der Waals surface area contributed by atoms with E-state index >= 15 is 0 Å². The number of halogens is 2. The molecule has 0 atom stereocenters. The van der Waals surface area contributed by atoms with Crippen LogP contribution in [-0.2, 0) is 6.42 Å². The number of anilines is 1. The van der Waals surface area contributed by atoms with Crippen molar-refractivity contribution in [3.8, 4) is 11.3 Å². The van der Waals surface area contributed by atoms with Gasteiger partial charge in [0.2, 0.25) is 0 Å². The van der Waals surface area contributed by atoms with Crippen molar-refractivity contribution in [3.05, 3.63) is 70.5 Å². The van der Waals surface area contributed by atoms with E-state index in [1.54, 1.807) is 16.8 Å². The topological polar surface area (TPSA) is 56.2 Å². The van der Waals surface area contributed by atoms with Crippen molar-refractivity contribution in [2.45, 2.75) is 19.3 Å². The highest BCUT2D eigenvalue weighted by molar-refractivity contribution is 6.30. The summed E-state index contributed by atoms with van der Waals surface area (Å²) < 4.78 is 15.1. The van der Waals surface area contributed by atoms with Gasteiger partial charge in [-0.25, -0.2) is 9.07 Å². The first-order chi connectivity index (χ1) is 12.6. The minimum atomic E-state index is -0.280. The molecule has 2 heterocycles. The molecule has 4 nitrogen and oxygen atoms in total. The Bertz CT molecular complexity index is 976. The molecule has 0 amide bonds. The fourth-order valence-electron chi connectivity index (χ4n) is 3.22. The number of benzene rings is 2. The number of nitrogens with two attached hydrogens (primary N) is 1. The van der Waals surface area contributed by atoms with Crippen LogP contribution in [0.4, 0.5) is 10.2 Å². The summed E-state index contributed by atoms with van der Waals surface area (Å²) in [5.41, 5.74) is 9.96. The zero-order valence-electron chi connectivity index (χ0n) is 14.1. The minimum Gasteiger partial charge on any atom is -0.383 e. The van der Waals surface area contributed by atoms with Gasteiger partial charge < -0.3 is 5.73 Å². The zero-order chi connectivity index (χ0) is 18.1. The molecule has 0 aliphatic carbocycles.